The number of nitrogens with zero attached hydrogens (tertiary/aromatic N) is 1. The quantitative estimate of drug-likeness (QED) is 0.461. The zero-order valence-electron chi connectivity index (χ0n) is 11.4. The number of hydrogen-bond acceptors (Lipinski definition) is 1. The molecule has 7 heteroatoms. The van der Waals surface area contributed by atoms with Crippen molar-refractivity contribution in [3.05, 3.63) is 35.4 Å². The van der Waals surface area contributed by atoms with Gasteiger partial charge in [0.2, 0.25) is 0 Å². The van der Waals surface area contributed by atoms with Gasteiger partial charge in [-0.25, -0.2) is 0 Å². The van der Waals surface area contributed by atoms with Crippen LogP contribution in [0.25, 0.3) is 0 Å². The van der Waals surface area contributed by atoms with E-state index in [9.17, 15) is 13.2 Å². The van der Waals surface area contributed by atoms with Crippen LogP contribution in [0.3, 0.4) is 0 Å². The van der Waals surface area contributed by atoms with Gasteiger partial charge in [-0.3, -0.25) is 4.99 Å². The second kappa shape index (κ2) is 9.04. The number of halogens is 4. The summed E-state index contributed by atoms with van der Waals surface area (Å²) < 4.78 is 37.6. The molecule has 0 saturated heterocycles. The van der Waals surface area contributed by atoms with Gasteiger partial charge in [0.1, 0.15) is 0 Å². The van der Waals surface area contributed by atoms with Crippen LogP contribution in [0.2, 0.25) is 0 Å². The van der Waals surface area contributed by atoms with Crippen molar-refractivity contribution in [3.8, 4) is 0 Å². The number of hydrogen-bond donors (Lipinski definition) is 2. The van der Waals surface area contributed by atoms with Crippen LogP contribution in [0, 0.1) is 0 Å². The lowest BCUT2D eigenvalue weighted by molar-refractivity contribution is -0.137. The lowest BCUT2D eigenvalue weighted by Gasteiger charge is -2.12. The Hall–Kier alpha value is -0.990. The van der Waals surface area contributed by atoms with Crippen molar-refractivity contribution in [2.45, 2.75) is 26.1 Å². The lowest BCUT2D eigenvalue weighted by atomic mass is 10.1. The molecular formula is C13H19F3IN3. The maximum absolute atomic E-state index is 12.5. The third-order valence-corrected chi connectivity index (χ3v) is 2.48. The van der Waals surface area contributed by atoms with E-state index < -0.39 is 11.7 Å². The molecule has 1 rings (SSSR count). The van der Waals surface area contributed by atoms with Gasteiger partial charge in [-0.2, -0.15) is 13.2 Å². The fraction of sp³-hybridized carbons (Fsp3) is 0.462. The summed E-state index contributed by atoms with van der Waals surface area (Å²) in [6.07, 6.45) is -3.36. The topological polar surface area (TPSA) is 36.4 Å². The van der Waals surface area contributed by atoms with Crippen molar-refractivity contribution in [1.82, 2.24) is 10.6 Å². The lowest BCUT2D eigenvalue weighted by Crippen LogP contribution is -2.37. The molecule has 0 saturated carbocycles. The Morgan fingerprint density at radius 1 is 1.25 bits per heavy atom. The molecule has 0 heterocycles. The molecule has 2 N–H and O–H groups in total. The van der Waals surface area contributed by atoms with Crippen LogP contribution in [0.1, 0.15) is 24.5 Å². The number of guanidine groups is 1. The summed E-state index contributed by atoms with van der Waals surface area (Å²) in [7, 11) is 1.62. The van der Waals surface area contributed by atoms with E-state index in [1.807, 2.05) is 6.92 Å². The van der Waals surface area contributed by atoms with Crippen molar-refractivity contribution in [2.24, 2.45) is 4.99 Å². The molecule has 0 atom stereocenters. The van der Waals surface area contributed by atoms with Crippen LogP contribution in [0.5, 0.6) is 0 Å². The van der Waals surface area contributed by atoms with Gasteiger partial charge in [0, 0.05) is 20.1 Å². The van der Waals surface area contributed by atoms with E-state index in [0.717, 1.165) is 25.1 Å². The first-order valence-corrected chi connectivity index (χ1v) is 6.08. The summed E-state index contributed by atoms with van der Waals surface area (Å²) in [5.41, 5.74) is -0.0717. The highest BCUT2D eigenvalue weighted by Crippen LogP contribution is 2.29. The zero-order chi connectivity index (χ0) is 14.3. The summed E-state index contributed by atoms with van der Waals surface area (Å²) in [5.74, 6) is 0.583. The van der Waals surface area contributed by atoms with Gasteiger partial charge in [0.05, 0.1) is 5.56 Å². The molecule has 0 amide bonds. The molecule has 1 aromatic rings. The molecule has 0 aliphatic carbocycles. The number of aliphatic imine (C=N–C) groups is 1. The average Bonchev–Trinajstić information content (AvgIpc) is 2.38. The Balaban J connectivity index is 0.00000361. The minimum Gasteiger partial charge on any atom is -0.356 e. The highest BCUT2D eigenvalue weighted by molar-refractivity contribution is 14.0. The number of alkyl halides is 3. The first-order chi connectivity index (χ1) is 8.97. The first-order valence-electron chi connectivity index (χ1n) is 6.08. The molecule has 0 spiro atoms. The van der Waals surface area contributed by atoms with E-state index in [-0.39, 0.29) is 24.0 Å². The number of rotatable bonds is 4. The first kappa shape index (κ1) is 19.0. The van der Waals surface area contributed by atoms with Gasteiger partial charge in [-0.15, -0.1) is 24.0 Å². The third kappa shape index (κ3) is 6.44. The van der Waals surface area contributed by atoms with Crippen molar-refractivity contribution in [3.63, 3.8) is 0 Å². The Kier molecular flexibility index (Phi) is 8.59. The van der Waals surface area contributed by atoms with Gasteiger partial charge in [-0.05, 0) is 24.1 Å². The summed E-state index contributed by atoms with van der Waals surface area (Å²) in [4.78, 5) is 3.98. The van der Waals surface area contributed by atoms with Crippen LogP contribution in [0.4, 0.5) is 13.2 Å². The van der Waals surface area contributed by atoms with Crippen LogP contribution < -0.4 is 10.6 Å². The van der Waals surface area contributed by atoms with Crippen molar-refractivity contribution >= 4 is 29.9 Å². The Morgan fingerprint density at radius 3 is 2.50 bits per heavy atom. The molecule has 0 unspecified atom stereocenters. The monoisotopic (exact) mass is 401 g/mol. The fourth-order valence-electron chi connectivity index (χ4n) is 1.51. The van der Waals surface area contributed by atoms with Gasteiger partial charge in [0.25, 0.3) is 0 Å². The van der Waals surface area contributed by atoms with E-state index in [0.29, 0.717) is 18.1 Å². The molecule has 3 nitrogen and oxygen atoms in total. The second-order valence-electron chi connectivity index (χ2n) is 4.05. The van der Waals surface area contributed by atoms with Crippen molar-refractivity contribution in [1.29, 1.82) is 0 Å². The van der Waals surface area contributed by atoms with Gasteiger partial charge in [0.15, 0.2) is 5.96 Å². The molecule has 114 valence electrons. The summed E-state index contributed by atoms with van der Waals surface area (Å²) in [6.45, 7) is 3.09. The van der Waals surface area contributed by atoms with Crippen LogP contribution in [-0.4, -0.2) is 19.6 Å². The van der Waals surface area contributed by atoms with Crippen LogP contribution in [0.15, 0.2) is 29.3 Å². The third-order valence-electron chi connectivity index (χ3n) is 2.48. The number of benzene rings is 1. The minimum absolute atomic E-state index is 0. The molecule has 0 aliphatic rings. The van der Waals surface area contributed by atoms with E-state index >= 15 is 0 Å². The molecule has 0 radical (unpaired) electrons. The van der Waals surface area contributed by atoms with Crippen molar-refractivity contribution in [2.75, 3.05) is 13.6 Å². The van der Waals surface area contributed by atoms with Gasteiger partial charge in [-0.1, -0.05) is 19.1 Å². The van der Waals surface area contributed by atoms with E-state index in [2.05, 4.69) is 15.6 Å². The highest BCUT2D eigenvalue weighted by Gasteiger charge is 2.30. The van der Waals surface area contributed by atoms with Gasteiger partial charge < -0.3 is 10.6 Å². The summed E-state index contributed by atoms with van der Waals surface area (Å²) in [6, 6.07) is 5.26. The molecule has 0 fully saturated rings. The minimum atomic E-state index is -4.31. The normalized spacial score (nSPS) is 11.8. The predicted octanol–water partition coefficient (Wildman–Crippen LogP) is 3.40. The Labute approximate surface area is 134 Å². The maximum atomic E-state index is 12.5. The van der Waals surface area contributed by atoms with Crippen LogP contribution >= 0.6 is 24.0 Å². The van der Waals surface area contributed by atoms with E-state index in [1.165, 1.54) is 6.07 Å². The van der Waals surface area contributed by atoms with Crippen LogP contribution in [-0.2, 0) is 12.7 Å². The zero-order valence-corrected chi connectivity index (χ0v) is 13.8. The molecule has 0 bridgehead atoms. The molecule has 0 aromatic heterocycles. The second-order valence-corrected chi connectivity index (χ2v) is 4.05. The SMILES string of the molecule is CCCNC(=NC)NCc1cccc(C(F)(F)F)c1.I. The van der Waals surface area contributed by atoms with E-state index in [1.54, 1.807) is 13.1 Å². The standard InChI is InChI=1S/C13H18F3N3.HI/c1-3-7-18-12(17-2)19-9-10-5-4-6-11(8-10)13(14,15)16;/h4-6,8H,3,7,9H2,1-2H3,(H2,17,18,19);1H. The average molecular weight is 401 g/mol. The highest BCUT2D eigenvalue weighted by atomic mass is 127. The molecule has 1 aromatic carbocycles. The molecule has 0 aliphatic heterocycles. The number of nitrogens with one attached hydrogen (secondary N) is 2. The smallest absolute Gasteiger partial charge is 0.356 e. The maximum Gasteiger partial charge on any atom is 0.416 e. The largest absolute Gasteiger partial charge is 0.416 e. The molecule has 20 heavy (non-hydrogen) atoms. The van der Waals surface area contributed by atoms with Gasteiger partial charge >= 0.3 is 6.18 Å². The van der Waals surface area contributed by atoms with E-state index in [4.69, 9.17) is 0 Å². The fourth-order valence-corrected chi connectivity index (χ4v) is 1.51. The van der Waals surface area contributed by atoms with Crippen molar-refractivity contribution < 1.29 is 13.2 Å². The summed E-state index contributed by atoms with van der Waals surface area (Å²) >= 11 is 0. The molecular weight excluding hydrogens is 382 g/mol. The Bertz CT molecular complexity index is 433. The predicted molar refractivity (Wildman–Crippen MR) is 85.4 cm³/mol. The summed E-state index contributed by atoms with van der Waals surface area (Å²) in [5, 5.41) is 6.02. The Morgan fingerprint density at radius 2 is 1.95 bits per heavy atom.